The fourth-order valence-electron chi connectivity index (χ4n) is 2.69. The van der Waals surface area contributed by atoms with Gasteiger partial charge in [-0.05, 0) is 37.6 Å². The first kappa shape index (κ1) is 18.3. The summed E-state index contributed by atoms with van der Waals surface area (Å²) < 4.78 is 7.82. The molecule has 0 spiro atoms. The largest absolute Gasteiger partial charge is 0.491 e. The summed E-state index contributed by atoms with van der Waals surface area (Å²) in [4.78, 5) is 17.0. The number of aryl methyl sites for hydroxylation is 1. The molecule has 26 heavy (non-hydrogen) atoms. The van der Waals surface area contributed by atoms with Crippen molar-refractivity contribution in [2.45, 2.75) is 32.0 Å². The van der Waals surface area contributed by atoms with Crippen molar-refractivity contribution in [2.75, 3.05) is 17.7 Å². The summed E-state index contributed by atoms with van der Waals surface area (Å²) in [7, 11) is 0. The van der Waals surface area contributed by atoms with Crippen molar-refractivity contribution in [3.63, 3.8) is 0 Å². The van der Waals surface area contributed by atoms with E-state index in [1.54, 1.807) is 0 Å². The minimum atomic E-state index is -0.0720. The molecule has 5 nitrogen and oxygen atoms in total. The fraction of sp³-hybridized carbons (Fsp3) is 0.300. The molecule has 0 unspecified atom stereocenters. The minimum Gasteiger partial charge on any atom is -0.491 e. The number of para-hydroxylation sites is 4. The van der Waals surface area contributed by atoms with Crippen molar-refractivity contribution < 1.29 is 9.53 Å². The van der Waals surface area contributed by atoms with E-state index in [-0.39, 0.29) is 5.91 Å². The smallest absolute Gasteiger partial charge is 0.234 e. The molecule has 2 aromatic carbocycles. The molecule has 3 aromatic rings. The third-order valence-corrected chi connectivity index (χ3v) is 4.87. The number of nitrogens with one attached hydrogen (secondary N) is 1. The van der Waals surface area contributed by atoms with Gasteiger partial charge in [0, 0.05) is 6.54 Å². The molecular weight excluding hydrogens is 346 g/mol. The second kappa shape index (κ2) is 8.76. The molecule has 0 saturated carbocycles. The second-order valence-corrected chi connectivity index (χ2v) is 6.75. The van der Waals surface area contributed by atoms with Crippen LogP contribution in [0, 0.1) is 0 Å². The highest BCUT2D eigenvalue weighted by atomic mass is 32.2. The molecule has 1 aromatic heterocycles. The maximum atomic E-state index is 12.4. The Hall–Kier alpha value is -2.47. The van der Waals surface area contributed by atoms with E-state index in [2.05, 4.69) is 34.8 Å². The number of ether oxygens (including phenoxy) is 1. The lowest BCUT2D eigenvalue weighted by atomic mass is 10.3. The van der Waals surface area contributed by atoms with Crippen LogP contribution >= 0.6 is 11.8 Å². The number of benzene rings is 2. The average molecular weight is 369 g/mol. The maximum Gasteiger partial charge on any atom is 0.234 e. The summed E-state index contributed by atoms with van der Waals surface area (Å²) in [6.45, 7) is 5.58. The maximum absolute atomic E-state index is 12.4. The van der Waals surface area contributed by atoms with Crippen molar-refractivity contribution in [3.05, 3.63) is 48.5 Å². The van der Waals surface area contributed by atoms with E-state index in [1.165, 1.54) is 11.8 Å². The highest BCUT2D eigenvalue weighted by Crippen LogP contribution is 2.26. The lowest BCUT2D eigenvalue weighted by molar-refractivity contribution is -0.113. The van der Waals surface area contributed by atoms with Gasteiger partial charge in [-0.1, -0.05) is 43.0 Å². The van der Waals surface area contributed by atoms with Gasteiger partial charge in [-0.2, -0.15) is 0 Å². The molecule has 0 aliphatic rings. The van der Waals surface area contributed by atoms with E-state index in [4.69, 9.17) is 4.74 Å². The number of thioether (sulfide) groups is 1. The van der Waals surface area contributed by atoms with Gasteiger partial charge in [0.15, 0.2) is 5.16 Å². The first-order valence-corrected chi connectivity index (χ1v) is 9.81. The van der Waals surface area contributed by atoms with Crippen LogP contribution in [0.1, 0.15) is 20.3 Å². The average Bonchev–Trinajstić information content (AvgIpc) is 3.03. The lowest BCUT2D eigenvalue weighted by Gasteiger charge is -2.12. The van der Waals surface area contributed by atoms with Crippen LogP contribution in [0.25, 0.3) is 11.0 Å². The van der Waals surface area contributed by atoms with Gasteiger partial charge in [0.05, 0.1) is 29.1 Å². The number of nitrogens with zero attached hydrogens (tertiary/aromatic N) is 2. The molecule has 0 radical (unpaired) electrons. The molecule has 0 saturated heterocycles. The van der Waals surface area contributed by atoms with Gasteiger partial charge in [0.1, 0.15) is 5.75 Å². The van der Waals surface area contributed by atoms with E-state index in [0.29, 0.717) is 23.8 Å². The molecule has 1 N–H and O–H groups in total. The Morgan fingerprint density at radius 3 is 2.73 bits per heavy atom. The van der Waals surface area contributed by atoms with Gasteiger partial charge in [-0.15, -0.1) is 0 Å². The summed E-state index contributed by atoms with van der Waals surface area (Å²) in [5, 5.41) is 3.80. The Labute approximate surface area is 157 Å². The first-order chi connectivity index (χ1) is 12.7. The van der Waals surface area contributed by atoms with E-state index < -0.39 is 0 Å². The number of aromatic nitrogens is 2. The number of imidazole rings is 1. The quantitative estimate of drug-likeness (QED) is 0.591. The molecule has 0 atom stereocenters. The number of rotatable bonds is 8. The van der Waals surface area contributed by atoms with Crippen LogP contribution in [0.5, 0.6) is 5.75 Å². The summed E-state index contributed by atoms with van der Waals surface area (Å²) >= 11 is 1.45. The number of hydrogen-bond donors (Lipinski definition) is 1. The molecule has 0 fully saturated rings. The highest BCUT2D eigenvalue weighted by molar-refractivity contribution is 7.99. The molecule has 6 heteroatoms. The zero-order valence-electron chi connectivity index (χ0n) is 15.1. The van der Waals surface area contributed by atoms with Crippen molar-refractivity contribution >= 4 is 34.4 Å². The molecule has 0 aliphatic heterocycles. The molecule has 0 bridgehead atoms. The van der Waals surface area contributed by atoms with Crippen LogP contribution in [0.3, 0.4) is 0 Å². The monoisotopic (exact) mass is 369 g/mol. The third kappa shape index (κ3) is 4.19. The number of fused-ring (bicyclic) bond motifs is 1. The molecule has 3 rings (SSSR count). The molecule has 1 heterocycles. The number of amides is 1. The Kier molecular flexibility index (Phi) is 6.17. The number of hydrogen-bond acceptors (Lipinski definition) is 4. The summed E-state index contributed by atoms with van der Waals surface area (Å²) in [6.07, 6.45) is 0.922. The summed E-state index contributed by atoms with van der Waals surface area (Å²) in [5.74, 6) is 0.927. The SMILES string of the molecule is CCCOc1ccccc1NC(=O)CSc1nc2ccccc2n1CC. The van der Waals surface area contributed by atoms with Gasteiger partial charge in [-0.25, -0.2) is 4.98 Å². The van der Waals surface area contributed by atoms with Gasteiger partial charge in [-0.3, -0.25) is 4.79 Å². The van der Waals surface area contributed by atoms with E-state index in [0.717, 1.165) is 29.2 Å². The highest BCUT2D eigenvalue weighted by Gasteiger charge is 2.13. The normalized spacial score (nSPS) is 10.8. The molecule has 1 amide bonds. The predicted octanol–water partition coefficient (Wildman–Crippen LogP) is 4.58. The summed E-state index contributed by atoms with van der Waals surface area (Å²) in [6, 6.07) is 15.5. The standard InChI is InChI=1S/C20H23N3O2S/c1-3-13-25-18-12-8-6-10-16(18)21-19(24)14-26-20-22-15-9-5-7-11-17(15)23(20)4-2/h5-12H,3-4,13-14H2,1-2H3,(H,21,24). The third-order valence-electron chi connectivity index (χ3n) is 3.89. The first-order valence-electron chi connectivity index (χ1n) is 8.82. The Morgan fingerprint density at radius 2 is 1.92 bits per heavy atom. The molecule has 0 aliphatic carbocycles. The van der Waals surface area contributed by atoms with E-state index in [9.17, 15) is 4.79 Å². The Bertz CT molecular complexity index is 892. The fourth-order valence-corrected chi connectivity index (χ4v) is 3.57. The van der Waals surface area contributed by atoms with Crippen LogP contribution in [0.15, 0.2) is 53.7 Å². The lowest BCUT2D eigenvalue weighted by Crippen LogP contribution is -2.15. The predicted molar refractivity (Wildman–Crippen MR) is 107 cm³/mol. The number of carbonyl (C=O) groups excluding carboxylic acids is 1. The Balaban J connectivity index is 1.67. The van der Waals surface area contributed by atoms with Crippen molar-refractivity contribution in [2.24, 2.45) is 0 Å². The van der Waals surface area contributed by atoms with Gasteiger partial charge in [0.2, 0.25) is 5.91 Å². The van der Waals surface area contributed by atoms with Crippen LogP contribution in [-0.4, -0.2) is 27.8 Å². The zero-order valence-corrected chi connectivity index (χ0v) is 15.9. The Morgan fingerprint density at radius 1 is 1.15 bits per heavy atom. The van der Waals surface area contributed by atoms with E-state index in [1.807, 2.05) is 42.5 Å². The minimum absolute atomic E-state index is 0.0720. The van der Waals surface area contributed by atoms with Crippen LogP contribution in [0.4, 0.5) is 5.69 Å². The topological polar surface area (TPSA) is 56.1 Å². The van der Waals surface area contributed by atoms with Crippen LogP contribution < -0.4 is 10.1 Å². The van der Waals surface area contributed by atoms with Gasteiger partial charge >= 0.3 is 0 Å². The van der Waals surface area contributed by atoms with Crippen LogP contribution in [-0.2, 0) is 11.3 Å². The number of anilines is 1. The van der Waals surface area contributed by atoms with Crippen molar-refractivity contribution in [1.82, 2.24) is 9.55 Å². The number of carbonyl (C=O) groups is 1. The van der Waals surface area contributed by atoms with Crippen LogP contribution in [0.2, 0.25) is 0 Å². The van der Waals surface area contributed by atoms with Crippen molar-refractivity contribution in [3.8, 4) is 5.75 Å². The molecule has 136 valence electrons. The second-order valence-electron chi connectivity index (χ2n) is 5.81. The van der Waals surface area contributed by atoms with Crippen molar-refractivity contribution in [1.29, 1.82) is 0 Å². The summed E-state index contributed by atoms with van der Waals surface area (Å²) in [5.41, 5.74) is 2.75. The van der Waals surface area contributed by atoms with E-state index >= 15 is 0 Å². The zero-order chi connectivity index (χ0) is 18.4. The molecular formula is C20H23N3O2S. The van der Waals surface area contributed by atoms with Gasteiger partial charge in [0.25, 0.3) is 0 Å². The van der Waals surface area contributed by atoms with Gasteiger partial charge < -0.3 is 14.6 Å².